The zero-order valence-electron chi connectivity index (χ0n) is 16.2. The molecule has 3 rings (SSSR count). The first kappa shape index (κ1) is 18.9. The fourth-order valence-electron chi connectivity index (χ4n) is 3.51. The molecule has 2 aromatic rings. The normalized spacial score (nSPS) is 16.1. The second-order valence-electron chi connectivity index (χ2n) is 6.37. The molecule has 1 atom stereocenters. The summed E-state index contributed by atoms with van der Waals surface area (Å²) in [4.78, 5) is 15.1. The second-order valence-corrected chi connectivity index (χ2v) is 6.37. The molecule has 1 aliphatic heterocycles. The van der Waals surface area contributed by atoms with Crippen LogP contribution in [0.3, 0.4) is 0 Å². The maximum Gasteiger partial charge on any atom is 0.254 e. The van der Waals surface area contributed by atoms with Gasteiger partial charge in [0.25, 0.3) is 5.91 Å². The first-order valence-corrected chi connectivity index (χ1v) is 8.87. The van der Waals surface area contributed by atoms with Gasteiger partial charge < -0.3 is 23.8 Å². The Balaban J connectivity index is 1.91. The number of rotatable bonds is 6. The van der Waals surface area contributed by atoms with Gasteiger partial charge in [0.05, 0.1) is 34.5 Å². The fraction of sp³-hybridized carbons (Fsp3) is 0.381. The SMILES string of the molecule is COc1cc(OC)cc(C(=O)N2CCCC2c2ccc(OC)c(OC)c2)c1. The smallest absolute Gasteiger partial charge is 0.254 e. The van der Waals surface area contributed by atoms with Crippen molar-refractivity contribution in [2.75, 3.05) is 35.0 Å². The number of ether oxygens (including phenoxy) is 4. The van der Waals surface area contributed by atoms with E-state index in [1.54, 1.807) is 46.6 Å². The summed E-state index contributed by atoms with van der Waals surface area (Å²) in [5.41, 5.74) is 1.59. The number of methoxy groups -OCH3 is 4. The number of nitrogens with zero attached hydrogens (tertiary/aromatic N) is 1. The van der Waals surface area contributed by atoms with Crippen molar-refractivity contribution in [3.63, 3.8) is 0 Å². The predicted octanol–water partition coefficient (Wildman–Crippen LogP) is 3.70. The number of hydrogen-bond donors (Lipinski definition) is 0. The quantitative estimate of drug-likeness (QED) is 0.775. The van der Waals surface area contributed by atoms with Crippen molar-refractivity contribution in [1.82, 2.24) is 4.90 Å². The van der Waals surface area contributed by atoms with E-state index in [1.807, 2.05) is 23.1 Å². The molecule has 1 unspecified atom stereocenters. The zero-order chi connectivity index (χ0) is 19.4. The standard InChI is InChI=1S/C21H25NO5/c1-24-16-10-15(11-17(13-16)25-2)21(23)22-9-5-6-18(22)14-7-8-19(26-3)20(12-14)27-4/h7-8,10-13,18H,5-6,9H2,1-4H3. The molecule has 0 spiro atoms. The van der Waals surface area contributed by atoms with Gasteiger partial charge in [0, 0.05) is 18.2 Å². The van der Waals surface area contributed by atoms with Crippen molar-refractivity contribution < 1.29 is 23.7 Å². The van der Waals surface area contributed by atoms with Crippen molar-refractivity contribution in [3.8, 4) is 23.0 Å². The van der Waals surface area contributed by atoms with Crippen LogP contribution < -0.4 is 18.9 Å². The molecule has 2 aromatic carbocycles. The van der Waals surface area contributed by atoms with E-state index in [4.69, 9.17) is 18.9 Å². The van der Waals surface area contributed by atoms with Gasteiger partial charge >= 0.3 is 0 Å². The highest BCUT2D eigenvalue weighted by Crippen LogP contribution is 2.38. The Bertz CT molecular complexity index is 798. The van der Waals surface area contributed by atoms with E-state index in [1.165, 1.54) is 0 Å². The Morgan fingerprint density at radius 1 is 0.889 bits per heavy atom. The third kappa shape index (κ3) is 3.79. The van der Waals surface area contributed by atoms with Crippen LogP contribution >= 0.6 is 0 Å². The van der Waals surface area contributed by atoms with Gasteiger partial charge in [0.15, 0.2) is 11.5 Å². The maximum absolute atomic E-state index is 13.2. The number of benzene rings is 2. The fourth-order valence-corrected chi connectivity index (χ4v) is 3.51. The van der Waals surface area contributed by atoms with Gasteiger partial charge in [0.2, 0.25) is 0 Å². The van der Waals surface area contributed by atoms with E-state index in [0.717, 1.165) is 18.4 Å². The van der Waals surface area contributed by atoms with E-state index in [9.17, 15) is 4.79 Å². The summed E-state index contributed by atoms with van der Waals surface area (Å²) < 4.78 is 21.3. The van der Waals surface area contributed by atoms with Gasteiger partial charge in [-0.3, -0.25) is 4.79 Å². The van der Waals surface area contributed by atoms with Crippen LogP contribution in [-0.2, 0) is 0 Å². The van der Waals surface area contributed by atoms with Crippen LogP contribution in [0.5, 0.6) is 23.0 Å². The largest absolute Gasteiger partial charge is 0.497 e. The van der Waals surface area contributed by atoms with Gasteiger partial charge in [-0.2, -0.15) is 0 Å². The lowest BCUT2D eigenvalue weighted by molar-refractivity contribution is 0.0734. The van der Waals surface area contributed by atoms with E-state index >= 15 is 0 Å². The summed E-state index contributed by atoms with van der Waals surface area (Å²) in [5.74, 6) is 2.50. The minimum Gasteiger partial charge on any atom is -0.497 e. The number of carbonyl (C=O) groups excluding carboxylic acids is 1. The summed E-state index contributed by atoms with van der Waals surface area (Å²) in [6.45, 7) is 0.706. The molecule has 1 aliphatic rings. The van der Waals surface area contributed by atoms with Gasteiger partial charge in [-0.1, -0.05) is 6.07 Å². The average Bonchev–Trinajstić information content (AvgIpc) is 3.21. The molecule has 1 amide bonds. The van der Waals surface area contributed by atoms with Crippen LogP contribution in [0.2, 0.25) is 0 Å². The van der Waals surface area contributed by atoms with Crippen molar-refractivity contribution in [3.05, 3.63) is 47.5 Å². The first-order chi connectivity index (χ1) is 13.1. The van der Waals surface area contributed by atoms with E-state index in [-0.39, 0.29) is 11.9 Å². The third-order valence-corrected chi connectivity index (χ3v) is 4.90. The van der Waals surface area contributed by atoms with Gasteiger partial charge in [0.1, 0.15) is 11.5 Å². The predicted molar refractivity (Wildman–Crippen MR) is 102 cm³/mol. The van der Waals surface area contributed by atoms with Gasteiger partial charge in [-0.05, 0) is 42.7 Å². The molecule has 6 heteroatoms. The summed E-state index contributed by atoms with van der Waals surface area (Å²) in [7, 11) is 6.37. The van der Waals surface area contributed by atoms with Crippen molar-refractivity contribution in [1.29, 1.82) is 0 Å². The minimum atomic E-state index is -0.0375. The first-order valence-electron chi connectivity index (χ1n) is 8.87. The average molecular weight is 371 g/mol. The number of carbonyl (C=O) groups is 1. The molecule has 1 saturated heterocycles. The molecule has 0 bridgehead atoms. The molecule has 0 radical (unpaired) electrons. The Morgan fingerprint density at radius 3 is 2.15 bits per heavy atom. The molecule has 0 saturated carbocycles. The highest BCUT2D eigenvalue weighted by atomic mass is 16.5. The van der Waals surface area contributed by atoms with Gasteiger partial charge in [-0.15, -0.1) is 0 Å². The van der Waals surface area contributed by atoms with Crippen LogP contribution in [0.4, 0.5) is 0 Å². The Morgan fingerprint density at radius 2 is 1.56 bits per heavy atom. The summed E-state index contributed by atoms with van der Waals surface area (Å²) in [5, 5.41) is 0. The van der Waals surface area contributed by atoms with Crippen LogP contribution in [0, 0.1) is 0 Å². The number of likely N-dealkylation sites (tertiary alicyclic amines) is 1. The van der Waals surface area contributed by atoms with Crippen molar-refractivity contribution in [2.45, 2.75) is 18.9 Å². The lowest BCUT2D eigenvalue weighted by Crippen LogP contribution is -2.30. The molecule has 0 aromatic heterocycles. The molecule has 1 fully saturated rings. The monoisotopic (exact) mass is 371 g/mol. The van der Waals surface area contributed by atoms with E-state index in [2.05, 4.69) is 0 Å². The second kappa shape index (κ2) is 8.20. The van der Waals surface area contributed by atoms with Crippen molar-refractivity contribution in [2.24, 2.45) is 0 Å². The highest BCUT2D eigenvalue weighted by molar-refractivity contribution is 5.95. The molecule has 0 aliphatic carbocycles. The third-order valence-electron chi connectivity index (χ3n) is 4.90. The van der Waals surface area contributed by atoms with E-state index < -0.39 is 0 Å². The maximum atomic E-state index is 13.2. The highest BCUT2D eigenvalue weighted by Gasteiger charge is 2.31. The zero-order valence-corrected chi connectivity index (χ0v) is 16.2. The molecule has 27 heavy (non-hydrogen) atoms. The molecule has 1 heterocycles. The van der Waals surface area contributed by atoms with Crippen LogP contribution in [0.15, 0.2) is 36.4 Å². The number of hydrogen-bond acceptors (Lipinski definition) is 5. The summed E-state index contributed by atoms with van der Waals surface area (Å²) in [6.07, 6.45) is 1.86. The van der Waals surface area contributed by atoms with Crippen LogP contribution in [0.1, 0.15) is 34.8 Å². The molecular weight excluding hydrogens is 346 g/mol. The topological polar surface area (TPSA) is 57.2 Å². The van der Waals surface area contributed by atoms with E-state index in [0.29, 0.717) is 35.1 Å². The molecular formula is C21H25NO5. The lowest BCUT2D eigenvalue weighted by atomic mass is 10.0. The molecule has 6 nitrogen and oxygen atoms in total. The number of amides is 1. The van der Waals surface area contributed by atoms with Crippen LogP contribution in [-0.4, -0.2) is 45.8 Å². The van der Waals surface area contributed by atoms with Crippen LogP contribution in [0.25, 0.3) is 0 Å². The van der Waals surface area contributed by atoms with Crippen molar-refractivity contribution >= 4 is 5.91 Å². The summed E-state index contributed by atoms with van der Waals surface area (Å²) >= 11 is 0. The minimum absolute atomic E-state index is 0.00509. The Hall–Kier alpha value is -2.89. The molecule has 0 N–H and O–H groups in total. The lowest BCUT2D eigenvalue weighted by Gasteiger charge is -2.26. The Kier molecular flexibility index (Phi) is 5.74. The molecule has 144 valence electrons. The Labute approximate surface area is 159 Å². The van der Waals surface area contributed by atoms with Gasteiger partial charge in [-0.25, -0.2) is 0 Å². The summed E-state index contributed by atoms with van der Waals surface area (Å²) in [6, 6.07) is 11.1.